The van der Waals surface area contributed by atoms with Crippen LogP contribution in [0.5, 0.6) is 5.75 Å². The zero-order chi connectivity index (χ0) is 20.3. The zero-order valence-electron chi connectivity index (χ0n) is 16.0. The van der Waals surface area contributed by atoms with Crippen LogP contribution in [0, 0.1) is 6.92 Å². The minimum Gasteiger partial charge on any atom is -0.479 e. The van der Waals surface area contributed by atoms with Gasteiger partial charge in [0.15, 0.2) is 12.2 Å². The molecule has 0 aromatic heterocycles. The van der Waals surface area contributed by atoms with Gasteiger partial charge in [0, 0.05) is 0 Å². The topological polar surface area (TPSA) is 84.9 Å². The molecule has 1 aliphatic rings. The molecule has 7 heteroatoms. The second-order valence-corrected chi connectivity index (χ2v) is 6.65. The summed E-state index contributed by atoms with van der Waals surface area (Å²) in [6, 6.07) is 14.3. The van der Waals surface area contributed by atoms with Gasteiger partial charge in [-0.05, 0) is 50.6 Å². The molecule has 2 aromatic carbocycles. The lowest BCUT2D eigenvalue weighted by Crippen LogP contribution is -2.47. The summed E-state index contributed by atoms with van der Waals surface area (Å²) in [4.78, 5) is 38.3. The van der Waals surface area contributed by atoms with Crippen LogP contribution in [0.1, 0.15) is 19.4 Å². The van der Waals surface area contributed by atoms with E-state index in [4.69, 9.17) is 9.47 Å². The molecule has 0 spiro atoms. The van der Waals surface area contributed by atoms with Gasteiger partial charge in [0.1, 0.15) is 12.3 Å². The fraction of sp³-hybridized carbons (Fsp3) is 0.286. The first-order valence-electron chi connectivity index (χ1n) is 8.99. The highest BCUT2D eigenvalue weighted by molar-refractivity contribution is 6.11. The molecule has 0 unspecified atom stereocenters. The average Bonchev–Trinajstić information content (AvgIpc) is 2.66. The van der Waals surface area contributed by atoms with Crippen molar-refractivity contribution in [2.24, 2.45) is 0 Å². The van der Waals surface area contributed by atoms with Crippen LogP contribution in [-0.4, -0.2) is 36.5 Å². The van der Waals surface area contributed by atoms with E-state index < -0.39 is 24.1 Å². The lowest BCUT2D eigenvalue weighted by Gasteiger charge is -2.31. The Balaban J connectivity index is 1.65. The van der Waals surface area contributed by atoms with Crippen molar-refractivity contribution in [2.45, 2.75) is 33.0 Å². The lowest BCUT2D eigenvalue weighted by atomic mass is 10.1. The predicted octanol–water partition coefficient (Wildman–Crippen LogP) is 2.68. The van der Waals surface area contributed by atoms with E-state index >= 15 is 0 Å². The molecule has 0 saturated carbocycles. The van der Waals surface area contributed by atoms with Crippen LogP contribution in [-0.2, 0) is 19.1 Å². The molecule has 1 aliphatic heterocycles. The van der Waals surface area contributed by atoms with Crippen LogP contribution in [0.2, 0.25) is 0 Å². The Hall–Kier alpha value is -3.35. The number of para-hydroxylation sites is 2. The summed E-state index contributed by atoms with van der Waals surface area (Å²) in [5.74, 6) is -0.887. The van der Waals surface area contributed by atoms with E-state index in [0.717, 1.165) is 5.56 Å². The van der Waals surface area contributed by atoms with Gasteiger partial charge in [-0.15, -0.1) is 0 Å². The van der Waals surface area contributed by atoms with Gasteiger partial charge in [0.25, 0.3) is 5.91 Å². The van der Waals surface area contributed by atoms with Gasteiger partial charge in [-0.2, -0.15) is 0 Å². The minimum atomic E-state index is -1.06. The Labute approximate surface area is 163 Å². The first kappa shape index (κ1) is 19.4. The van der Waals surface area contributed by atoms with E-state index in [9.17, 15) is 14.4 Å². The van der Waals surface area contributed by atoms with Crippen molar-refractivity contribution >= 4 is 29.2 Å². The molecule has 7 nitrogen and oxygen atoms in total. The van der Waals surface area contributed by atoms with Gasteiger partial charge in [-0.1, -0.05) is 24.3 Å². The monoisotopic (exact) mass is 382 g/mol. The van der Waals surface area contributed by atoms with Crippen LogP contribution >= 0.6 is 0 Å². The molecule has 0 radical (unpaired) electrons. The molecule has 1 heterocycles. The van der Waals surface area contributed by atoms with Gasteiger partial charge in [0.05, 0.1) is 11.4 Å². The molecule has 28 heavy (non-hydrogen) atoms. The summed E-state index contributed by atoms with van der Waals surface area (Å²) in [6.45, 7) is 4.83. The first-order valence-corrected chi connectivity index (χ1v) is 8.99. The van der Waals surface area contributed by atoms with E-state index in [1.165, 1.54) is 11.8 Å². The van der Waals surface area contributed by atoms with Crippen LogP contribution in [0.15, 0.2) is 48.5 Å². The molecule has 1 N–H and O–H groups in total. The molecule has 2 amide bonds. The second-order valence-electron chi connectivity index (χ2n) is 6.65. The number of fused-ring (bicyclic) bond motifs is 1. The molecule has 0 fully saturated rings. The number of hydrogen-bond acceptors (Lipinski definition) is 5. The van der Waals surface area contributed by atoms with Crippen molar-refractivity contribution in [2.75, 3.05) is 16.8 Å². The number of ether oxygens (including phenoxy) is 2. The number of nitrogens with zero attached hydrogens (tertiary/aromatic N) is 1. The Morgan fingerprint density at radius 2 is 1.82 bits per heavy atom. The largest absolute Gasteiger partial charge is 0.479 e. The van der Waals surface area contributed by atoms with Crippen LogP contribution in [0.4, 0.5) is 11.4 Å². The summed E-state index contributed by atoms with van der Waals surface area (Å²) in [6.07, 6.45) is -1.94. The van der Waals surface area contributed by atoms with Crippen molar-refractivity contribution in [3.63, 3.8) is 0 Å². The second kappa shape index (κ2) is 8.12. The highest BCUT2D eigenvalue weighted by Crippen LogP contribution is 2.29. The number of nitrogens with one attached hydrogen (secondary N) is 1. The number of anilines is 2. The van der Waals surface area contributed by atoms with Crippen LogP contribution in [0.3, 0.4) is 0 Å². The third-order valence-electron chi connectivity index (χ3n) is 4.31. The molecule has 3 rings (SSSR count). The fourth-order valence-electron chi connectivity index (χ4n) is 2.91. The molecular weight excluding hydrogens is 360 g/mol. The van der Waals surface area contributed by atoms with Gasteiger partial charge in [-0.25, -0.2) is 4.79 Å². The molecule has 0 saturated heterocycles. The van der Waals surface area contributed by atoms with Gasteiger partial charge in [0.2, 0.25) is 5.91 Å². The number of hydrogen-bond donors (Lipinski definition) is 1. The van der Waals surface area contributed by atoms with Gasteiger partial charge < -0.3 is 14.8 Å². The highest BCUT2D eigenvalue weighted by atomic mass is 16.6. The average molecular weight is 382 g/mol. The maximum Gasteiger partial charge on any atom is 0.347 e. The molecular formula is C21H22N2O5. The third kappa shape index (κ3) is 4.31. The fourth-order valence-corrected chi connectivity index (χ4v) is 2.91. The van der Waals surface area contributed by atoms with Crippen LogP contribution < -0.4 is 15.0 Å². The van der Waals surface area contributed by atoms with Crippen LogP contribution in [0.25, 0.3) is 0 Å². The number of esters is 1. The summed E-state index contributed by atoms with van der Waals surface area (Å²) < 4.78 is 10.9. The predicted molar refractivity (Wildman–Crippen MR) is 104 cm³/mol. The normalized spacial score (nSPS) is 15.1. The molecule has 146 valence electrons. The smallest absolute Gasteiger partial charge is 0.347 e. The van der Waals surface area contributed by atoms with Gasteiger partial charge in [-0.3, -0.25) is 14.5 Å². The van der Waals surface area contributed by atoms with Crippen molar-refractivity contribution < 1.29 is 23.9 Å². The molecule has 0 bridgehead atoms. The van der Waals surface area contributed by atoms with E-state index in [0.29, 0.717) is 17.1 Å². The lowest BCUT2D eigenvalue weighted by molar-refractivity contribution is -0.160. The van der Waals surface area contributed by atoms with Crippen molar-refractivity contribution in [1.29, 1.82) is 0 Å². The summed E-state index contributed by atoms with van der Waals surface area (Å²) >= 11 is 0. The van der Waals surface area contributed by atoms with Crippen molar-refractivity contribution in [3.05, 3.63) is 54.1 Å². The number of carbonyl (C=O) groups is 3. The zero-order valence-corrected chi connectivity index (χ0v) is 16.0. The Morgan fingerprint density at radius 3 is 2.57 bits per heavy atom. The summed E-state index contributed by atoms with van der Waals surface area (Å²) in [5, 5.41) is 2.71. The Kier molecular flexibility index (Phi) is 5.63. The molecule has 0 aliphatic carbocycles. The summed E-state index contributed by atoms with van der Waals surface area (Å²) in [5.41, 5.74) is 2.12. The summed E-state index contributed by atoms with van der Waals surface area (Å²) in [7, 11) is 0. The third-order valence-corrected chi connectivity index (χ3v) is 4.31. The molecule has 2 atom stereocenters. The maximum atomic E-state index is 12.8. The SMILES string of the molecule is Cc1cccc(O[C@H](C)C(=O)O[C@@H](C)C(=O)N2CC(=O)Nc3ccccc32)c1. The number of aryl methyl sites for hydroxylation is 1. The first-order chi connectivity index (χ1) is 13.3. The number of benzene rings is 2. The van der Waals surface area contributed by atoms with E-state index in [2.05, 4.69) is 5.32 Å². The minimum absolute atomic E-state index is 0.132. The number of carbonyl (C=O) groups excluding carboxylic acids is 3. The standard InChI is InChI=1S/C21H22N2O5/c1-13-7-6-8-16(11-13)27-15(3)21(26)28-14(2)20(25)23-12-19(24)22-17-9-4-5-10-18(17)23/h4-11,14-15H,12H2,1-3H3,(H,22,24)/t14-,15+/m0/s1. The highest BCUT2D eigenvalue weighted by Gasteiger charge is 2.32. The van der Waals surface area contributed by atoms with E-state index in [1.807, 2.05) is 25.1 Å². The van der Waals surface area contributed by atoms with E-state index in [1.54, 1.807) is 37.3 Å². The molecule has 2 aromatic rings. The maximum absolute atomic E-state index is 12.8. The number of amides is 2. The van der Waals surface area contributed by atoms with Crippen molar-refractivity contribution in [3.8, 4) is 5.75 Å². The Bertz CT molecular complexity index is 911. The van der Waals surface area contributed by atoms with E-state index in [-0.39, 0.29) is 12.5 Å². The number of rotatable bonds is 5. The quantitative estimate of drug-likeness (QED) is 0.804. The Morgan fingerprint density at radius 1 is 1.07 bits per heavy atom. The van der Waals surface area contributed by atoms with Gasteiger partial charge >= 0.3 is 5.97 Å². The van der Waals surface area contributed by atoms with Crippen molar-refractivity contribution in [1.82, 2.24) is 0 Å².